The molecule has 1 aliphatic heterocycles. The number of amides is 2. The number of hydrogen-bond donors (Lipinski definition) is 3. The highest BCUT2D eigenvalue weighted by Crippen LogP contribution is 2.39. The number of methoxy groups -OCH3 is 3. The highest BCUT2D eigenvalue weighted by atomic mass is 16.5. The van der Waals surface area contributed by atoms with E-state index in [2.05, 4.69) is 10.6 Å². The number of carbonyl (C=O) groups excluding carboxylic acids is 2. The summed E-state index contributed by atoms with van der Waals surface area (Å²) in [5.74, 6) is 1.30. The first kappa shape index (κ1) is 37.2. The van der Waals surface area contributed by atoms with Crippen LogP contribution in [0.3, 0.4) is 0 Å². The first-order chi connectivity index (χ1) is 24.9. The minimum Gasteiger partial charge on any atom is -0.497 e. The second-order valence-corrected chi connectivity index (χ2v) is 12.7. The van der Waals surface area contributed by atoms with E-state index in [1.807, 2.05) is 84.9 Å². The van der Waals surface area contributed by atoms with Gasteiger partial charge in [0.1, 0.15) is 12.4 Å². The van der Waals surface area contributed by atoms with Crippen LogP contribution in [0.2, 0.25) is 0 Å². The average molecular weight is 696 g/mol. The van der Waals surface area contributed by atoms with Crippen molar-refractivity contribution in [2.75, 3.05) is 47.5 Å². The van der Waals surface area contributed by atoms with Crippen LogP contribution in [-0.4, -0.2) is 81.5 Å². The first-order valence-electron chi connectivity index (χ1n) is 17.5. The van der Waals surface area contributed by atoms with Gasteiger partial charge in [0.05, 0.1) is 33.5 Å². The zero-order chi connectivity index (χ0) is 36.0. The fourth-order valence-electron chi connectivity index (χ4n) is 6.31. The van der Waals surface area contributed by atoms with E-state index in [0.717, 1.165) is 48.4 Å². The number of nitrogens with zero attached hydrogens (tertiary/aromatic N) is 1. The molecule has 0 aliphatic carbocycles. The molecule has 1 aliphatic rings. The molecular formula is C41H49N3O7. The summed E-state index contributed by atoms with van der Waals surface area (Å²) in [6.45, 7) is 2.34. The van der Waals surface area contributed by atoms with Crippen molar-refractivity contribution in [2.24, 2.45) is 5.92 Å². The van der Waals surface area contributed by atoms with E-state index in [4.69, 9.17) is 18.9 Å². The topological polar surface area (TPSA) is 119 Å². The fraction of sp³-hybridized carbons (Fsp3) is 0.366. The third-order valence-electron chi connectivity index (χ3n) is 9.27. The van der Waals surface area contributed by atoms with Gasteiger partial charge in [-0.25, -0.2) is 0 Å². The molecule has 10 nitrogen and oxygen atoms in total. The highest BCUT2D eigenvalue weighted by molar-refractivity contribution is 5.96. The third-order valence-corrected chi connectivity index (χ3v) is 9.27. The normalized spacial score (nSPS) is 14.2. The Bertz CT molecular complexity index is 1650. The molecule has 0 unspecified atom stereocenters. The number of ether oxygens (including phenoxy) is 4. The molecule has 0 saturated carbocycles. The number of aliphatic hydroxyl groups is 1. The molecule has 1 heterocycles. The minimum absolute atomic E-state index is 0.0226. The van der Waals surface area contributed by atoms with Gasteiger partial charge >= 0.3 is 0 Å². The molecule has 0 radical (unpaired) electrons. The van der Waals surface area contributed by atoms with Crippen molar-refractivity contribution in [2.45, 2.75) is 44.4 Å². The highest BCUT2D eigenvalue weighted by Gasteiger charge is 2.31. The van der Waals surface area contributed by atoms with Gasteiger partial charge in [-0.15, -0.1) is 0 Å². The largest absolute Gasteiger partial charge is 0.497 e. The molecule has 51 heavy (non-hydrogen) atoms. The molecule has 2 amide bonds. The van der Waals surface area contributed by atoms with Crippen LogP contribution >= 0.6 is 0 Å². The number of hydrogen-bond acceptors (Lipinski definition) is 8. The van der Waals surface area contributed by atoms with Gasteiger partial charge in [0.2, 0.25) is 11.7 Å². The Hall–Kier alpha value is -5.06. The van der Waals surface area contributed by atoms with Crippen molar-refractivity contribution in [3.8, 4) is 23.0 Å². The summed E-state index contributed by atoms with van der Waals surface area (Å²) < 4.78 is 22.7. The molecule has 5 rings (SSSR count). The predicted molar refractivity (Wildman–Crippen MR) is 197 cm³/mol. The predicted octanol–water partition coefficient (Wildman–Crippen LogP) is 5.06. The van der Waals surface area contributed by atoms with E-state index >= 15 is 0 Å². The van der Waals surface area contributed by atoms with E-state index in [-0.39, 0.29) is 30.5 Å². The molecule has 4 aromatic rings. The van der Waals surface area contributed by atoms with Crippen LogP contribution < -0.4 is 29.6 Å². The molecular weight excluding hydrogens is 646 g/mol. The van der Waals surface area contributed by atoms with Crippen LogP contribution in [0.15, 0.2) is 97.1 Å². The van der Waals surface area contributed by atoms with Crippen molar-refractivity contribution in [1.82, 2.24) is 15.5 Å². The summed E-state index contributed by atoms with van der Waals surface area (Å²) in [6.07, 6.45) is 1.39. The Morgan fingerprint density at radius 3 is 2.02 bits per heavy atom. The summed E-state index contributed by atoms with van der Waals surface area (Å²) in [5.41, 5.74) is 3.25. The Morgan fingerprint density at radius 2 is 1.43 bits per heavy atom. The maximum Gasteiger partial charge on any atom is 0.251 e. The van der Waals surface area contributed by atoms with Crippen LogP contribution in [0.5, 0.6) is 23.0 Å². The van der Waals surface area contributed by atoms with Gasteiger partial charge in [-0.2, -0.15) is 0 Å². The van der Waals surface area contributed by atoms with E-state index < -0.39 is 18.1 Å². The monoisotopic (exact) mass is 695 g/mol. The lowest BCUT2D eigenvalue weighted by atomic mass is 9.95. The van der Waals surface area contributed by atoms with Crippen LogP contribution in [0, 0.1) is 5.92 Å². The van der Waals surface area contributed by atoms with Crippen LogP contribution in [0.4, 0.5) is 0 Å². The molecule has 10 heteroatoms. The third kappa shape index (κ3) is 10.5. The van der Waals surface area contributed by atoms with Crippen molar-refractivity contribution < 1.29 is 33.6 Å². The van der Waals surface area contributed by atoms with Gasteiger partial charge in [0.15, 0.2) is 11.5 Å². The lowest BCUT2D eigenvalue weighted by molar-refractivity contribution is -0.138. The summed E-state index contributed by atoms with van der Waals surface area (Å²) in [7, 11) is 4.64. The Labute approximate surface area is 300 Å². The van der Waals surface area contributed by atoms with Gasteiger partial charge < -0.3 is 39.6 Å². The molecule has 270 valence electrons. The van der Waals surface area contributed by atoms with E-state index in [9.17, 15) is 14.7 Å². The van der Waals surface area contributed by atoms with Crippen molar-refractivity contribution in [3.05, 3.63) is 119 Å². The second kappa shape index (κ2) is 18.8. The Kier molecular flexibility index (Phi) is 13.7. The molecule has 1 saturated heterocycles. The summed E-state index contributed by atoms with van der Waals surface area (Å²) in [5, 5.41) is 18.3. The smallest absolute Gasteiger partial charge is 0.251 e. The lowest BCUT2D eigenvalue weighted by Crippen LogP contribution is -2.52. The zero-order valence-corrected chi connectivity index (χ0v) is 29.7. The number of aliphatic hydroxyl groups excluding tert-OH is 1. The molecule has 4 aromatic carbocycles. The van der Waals surface area contributed by atoms with E-state index in [1.165, 1.54) is 14.2 Å². The van der Waals surface area contributed by atoms with Gasteiger partial charge in [-0.3, -0.25) is 9.59 Å². The number of benzene rings is 4. The molecule has 0 bridgehead atoms. The van der Waals surface area contributed by atoms with Crippen molar-refractivity contribution >= 4 is 11.8 Å². The molecule has 0 aromatic heterocycles. The van der Waals surface area contributed by atoms with Gasteiger partial charge in [-0.05, 0) is 79.7 Å². The fourth-order valence-corrected chi connectivity index (χ4v) is 6.31. The van der Waals surface area contributed by atoms with Crippen molar-refractivity contribution in [1.29, 1.82) is 0 Å². The Morgan fingerprint density at radius 1 is 0.824 bits per heavy atom. The summed E-state index contributed by atoms with van der Waals surface area (Å²) in [6, 6.07) is 29.7. The standard InChI is InChI=1S/C41H49N3O7/c1-48-34-16-14-29(15-17-34)20-23-44(41(47)32-18-21-42-22-19-32)27-36(45)35(24-30-10-6-4-7-11-30)43-40(46)33-25-37(49-2)39(38(26-33)50-3)51-28-31-12-8-5-9-13-31/h4-17,25-26,32,35-36,42,45H,18-24,27-28H2,1-3H3,(H,43,46)/t35-,36-/m0/s1. The first-order valence-corrected chi connectivity index (χ1v) is 17.5. The molecule has 3 N–H and O–H groups in total. The number of rotatable bonds is 17. The number of nitrogens with one attached hydrogen (secondary N) is 2. The Balaban J connectivity index is 1.36. The van der Waals surface area contributed by atoms with Crippen LogP contribution in [0.1, 0.15) is 39.9 Å². The lowest BCUT2D eigenvalue weighted by Gasteiger charge is -2.33. The molecule has 1 fully saturated rings. The van der Waals surface area contributed by atoms with Crippen molar-refractivity contribution in [3.63, 3.8) is 0 Å². The quantitative estimate of drug-likeness (QED) is 0.140. The summed E-state index contributed by atoms with van der Waals surface area (Å²) in [4.78, 5) is 29.6. The minimum atomic E-state index is -1.06. The number of carbonyl (C=O) groups is 2. The van der Waals surface area contributed by atoms with Crippen LogP contribution in [-0.2, 0) is 24.2 Å². The SMILES string of the molecule is COc1ccc(CCN(C[C@H](O)[C@H](Cc2ccccc2)NC(=O)c2cc(OC)c(OCc3ccccc3)c(OC)c2)C(=O)C2CCNCC2)cc1. The maximum absolute atomic E-state index is 13.9. The zero-order valence-electron chi connectivity index (χ0n) is 29.7. The summed E-state index contributed by atoms with van der Waals surface area (Å²) >= 11 is 0. The molecule has 0 spiro atoms. The number of piperidine rings is 1. The average Bonchev–Trinajstić information content (AvgIpc) is 3.18. The molecule has 2 atom stereocenters. The van der Waals surface area contributed by atoms with Gasteiger partial charge in [0, 0.05) is 24.6 Å². The van der Waals surface area contributed by atoms with Gasteiger partial charge in [-0.1, -0.05) is 72.8 Å². The van der Waals surface area contributed by atoms with Crippen LogP contribution in [0.25, 0.3) is 0 Å². The van der Waals surface area contributed by atoms with Gasteiger partial charge in [0.25, 0.3) is 5.91 Å². The maximum atomic E-state index is 13.9. The van der Waals surface area contributed by atoms with E-state index in [0.29, 0.717) is 36.6 Å². The second-order valence-electron chi connectivity index (χ2n) is 12.7. The van der Waals surface area contributed by atoms with E-state index in [1.54, 1.807) is 24.1 Å².